The first-order chi connectivity index (χ1) is 13.7. The molecule has 0 unspecified atom stereocenters. The van der Waals surface area contributed by atoms with Crippen LogP contribution in [0.2, 0.25) is 0 Å². The Kier molecular flexibility index (Phi) is 5.52. The van der Waals surface area contributed by atoms with E-state index >= 15 is 0 Å². The van der Waals surface area contributed by atoms with E-state index in [1.54, 1.807) is 25.4 Å². The Morgan fingerprint density at radius 1 is 1.14 bits per heavy atom. The standard InChI is InChI=1S/C21H25FN4O2/c1-28-18-8-11-26(13-18)21(27)16-6-9-25(10-7-16)19-12-23-14-24-20(19)15-2-4-17(22)5-3-15/h2-5,12,14,16,18H,6-11,13H2,1H3/t18-/m1/s1. The monoisotopic (exact) mass is 384 g/mol. The molecule has 3 heterocycles. The summed E-state index contributed by atoms with van der Waals surface area (Å²) in [6.45, 7) is 3.05. The molecule has 1 aromatic carbocycles. The number of hydrogen-bond acceptors (Lipinski definition) is 5. The number of likely N-dealkylation sites (tertiary alicyclic amines) is 1. The largest absolute Gasteiger partial charge is 0.380 e. The first-order valence-corrected chi connectivity index (χ1v) is 9.78. The van der Waals surface area contributed by atoms with Crippen LogP contribution < -0.4 is 4.90 Å². The SMILES string of the molecule is CO[C@@H]1CCN(C(=O)C2CCN(c3cncnc3-c3ccc(F)cc3)CC2)C1. The number of ether oxygens (including phenoxy) is 1. The number of piperidine rings is 1. The second-order valence-corrected chi connectivity index (χ2v) is 7.46. The zero-order valence-electron chi connectivity index (χ0n) is 16.1. The molecule has 2 saturated heterocycles. The number of rotatable bonds is 4. The highest BCUT2D eigenvalue weighted by Crippen LogP contribution is 2.32. The van der Waals surface area contributed by atoms with Gasteiger partial charge in [-0.25, -0.2) is 14.4 Å². The molecule has 0 spiro atoms. The van der Waals surface area contributed by atoms with E-state index in [9.17, 15) is 9.18 Å². The van der Waals surface area contributed by atoms with Crippen LogP contribution in [0.1, 0.15) is 19.3 Å². The molecule has 0 aliphatic carbocycles. The number of carbonyl (C=O) groups excluding carboxylic acids is 1. The lowest BCUT2D eigenvalue weighted by Crippen LogP contribution is -2.42. The molecule has 0 bridgehead atoms. The number of benzene rings is 1. The maximum atomic E-state index is 13.3. The summed E-state index contributed by atoms with van der Waals surface area (Å²) in [7, 11) is 1.71. The van der Waals surface area contributed by atoms with Crippen molar-refractivity contribution in [1.29, 1.82) is 0 Å². The molecule has 4 rings (SSSR count). The van der Waals surface area contributed by atoms with Gasteiger partial charge in [-0.15, -0.1) is 0 Å². The minimum Gasteiger partial charge on any atom is -0.380 e. The van der Waals surface area contributed by atoms with Gasteiger partial charge in [-0.1, -0.05) is 0 Å². The second-order valence-electron chi connectivity index (χ2n) is 7.46. The van der Waals surface area contributed by atoms with Gasteiger partial charge in [0.1, 0.15) is 12.1 Å². The smallest absolute Gasteiger partial charge is 0.225 e. The van der Waals surface area contributed by atoms with Crippen LogP contribution >= 0.6 is 0 Å². The van der Waals surface area contributed by atoms with Crippen LogP contribution in [0.4, 0.5) is 10.1 Å². The number of anilines is 1. The van der Waals surface area contributed by atoms with Gasteiger partial charge < -0.3 is 14.5 Å². The molecule has 6 nitrogen and oxygen atoms in total. The molecule has 0 N–H and O–H groups in total. The molecule has 2 aliphatic heterocycles. The van der Waals surface area contributed by atoms with Crippen LogP contribution in [-0.2, 0) is 9.53 Å². The van der Waals surface area contributed by atoms with Gasteiger partial charge in [0.25, 0.3) is 0 Å². The number of carbonyl (C=O) groups is 1. The summed E-state index contributed by atoms with van der Waals surface area (Å²) in [6.07, 6.45) is 6.03. The highest BCUT2D eigenvalue weighted by Gasteiger charge is 2.33. The third-order valence-electron chi connectivity index (χ3n) is 5.79. The summed E-state index contributed by atoms with van der Waals surface area (Å²) < 4.78 is 18.6. The number of nitrogens with zero attached hydrogens (tertiary/aromatic N) is 4. The molecule has 1 amide bonds. The van der Waals surface area contributed by atoms with E-state index in [0.29, 0.717) is 6.54 Å². The van der Waals surface area contributed by atoms with Gasteiger partial charge in [0.2, 0.25) is 5.91 Å². The summed E-state index contributed by atoms with van der Waals surface area (Å²) in [5.74, 6) is 0.0457. The van der Waals surface area contributed by atoms with Gasteiger partial charge in [0, 0.05) is 44.8 Å². The first-order valence-electron chi connectivity index (χ1n) is 9.78. The number of halogens is 1. The molecule has 2 aliphatic rings. The molecule has 7 heteroatoms. The second kappa shape index (κ2) is 8.22. The summed E-state index contributed by atoms with van der Waals surface area (Å²) in [5, 5.41) is 0. The molecule has 148 valence electrons. The fourth-order valence-corrected chi connectivity index (χ4v) is 4.13. The Labute approximate surface area is 164 Å². The fraction of sp³-hybridized carbons (Fsp3) is 0.476. The average molecular weight is 384 g/mol. The average Bonchev–Trinajstić information content (AvgIpc) is 3.23. The van der Waals surface area contributed by atoms with E-state index in [4.69, 9.17) is 4.74 Å². The summed E-state index contributed by atoms with van der Waals surface area (Å²) in [4.78, 5) is 25.6. The Hall–Kier alpha value is -2.54. The number of aromatic nitrogens is 2. The van der Waals surface area contributed by atoms with Gasteiger partial charge in [-0.05, 0) is 43.5 Å². The van der Waals surface area contributed by atoms with Crippen LogP contribution in [0.5, 0.6) is 0 Å². The predicted octanol–water partition coefficient (Wildman–Crippen LogP) is 2.75. The highest BCUT2D eigenvalue weighted by molar-refractivity contribution is 5.80. The fourth-order valence-electron chi connectivity index (χ4n) is 4.13. The lowest BCUT2D eigenvalue weighted by Gasteiger charge is -2.35. The van der Waals surface area contributed by atoms with E-state index in [1.165, 1.54) is 18.5 Å². The van der Waals surface area contributed by atoms with E-state index in [0.717, 1.165) is 55.8 Å². The van der Waals surface area contributed by atoms with E-state index in [-0.39, 0.29) is 23.7 Å². The van der Waals surface area contributed by atoms with Crippen LogP contribution in [-0.4, -0.2) is 60.2 Å². The van der Waals surface area contributed by atoms with Crippen molar-refractivity contribution in [2.75, 3.05) is 38.2 Å². The topological polar surface area (TPSA) is 58.6 Å². The third-order valence-corrected chi connectivity index (χ3v) is 5.79. The molecule has 2 aromatic rings. The molecule has 28 heavy (non-hydrogen) atoms. The lowest BCUT2D eigenvalue weighted by atomic mass is 9.94. The van der Waals surface area contributed by atoms with E-state index in [1.807, 2.05) is 4.90 Å². The van der Waals surface area contributed by atoms with Crippen molar-refractivity contribution in [3.05, 3.63) is 42.6 Å². The predicted molar refractivity (Wildman–Crippen MR) is 104 cm³/mol. The quantitative estimate of drug-likeness (QED) is 0.811. The third kappa shape index (κ3) is 3.85. The zero-order chi connectivity index (χ0) is 19.5. The summed E-state index contributed by atoms with van der Waals surface area (Å²) in [6, 6.07) is 6.35. The van der Waals surface area contributed by atoms with Crippen LogP contribution in [0.15, 0.2) is 36.8 Å². The summed E-state index contributed by atoms with van der Waals surface area (Å²) in [5.41, 5.74) is 2.59. The number of hydrogen-bond donors (Lipinski definition) is 0. The van der Waals surface area contributed by atoms with Crippen LogP contribution in [0, 0.1) is 11.7 Å². The van der Waals surface area contributed by atoms with Crippen molar-refractivity contribution in [2.45, 2.75) is 25.4 Å². The van der Waals surface area contributed by atoms with Gasteiger partial charge in [0.15, 0.2) is 0 Å². The maximum absolute atomic E-state index is 13.3. The Bertz CT molecular complexity index is 821. The van der Waals surface area contributed by atoms with Crippen molar-refractivity contribution < 1.29 is 13.9 Å². The van der Waals surface area contributed by atoms with Crippen molar-refractivity contribution >= 4 is 11.6 Å². The van der Waals surface area contributed by atoms with E-state index < -0.39 is 0 Å². The number of methoxy groups -OCH3 is 1. The van der Waals surface area contributed by atoms with Crippen molar-refractivity contribution in [3.63, 3.8) is 0 Å². The molecule has 0 radical (unpaired) electrons. The van der Waals surface area contributed by atoms with Gasteiger partial charge in [-0.3, -0.25) is 4.79 Å². The maximum Gasteiger partial charge on any atom is 0.225 e. The van der Waals surface area contributed by atoms with Crippen LogP contribution in [0.25, 0.3) is 11.3 Å². The molecular weight excluding hydrogens is 359 g/mol. The van der Waals surface area contributed by atoms with Crippen molar-refractivity contribution in [2.24, 2.45) is 5.92 Å². The lowest BCUT2D eigenvalue weighted by molar-refractivity contribution is -0.135. The molecular formula is C21H25FN4O2. The minimum absolute atomic E-state index is 0.0609. The first kappa shape index (κ1) is 18.8. The number of amides is 1. The van der Waals surface area contributed by atoms with Gasteiger partial charge in [0.05, 0.1) is 23.7 Å². The normalized spacial score (nSPS) is 20.6. The van der Waals surface area contributed by atoms with Gasteiger partial charge >= 0.3 is 0 Å². The molecule has 1 aromatic heterocycles. The van der Waals surface area contributed by atoms with Crippen molar-refractivity contribution in [1.82, 2.24) is 14.9 Å². The summed E-state index contributed by atoms with van der Waals surface area (Å²) >= 11 is 0. The molecule has 2 fully saturated rings. The molecule has 1 atom stereocenters. The van der Waals surface area contributed by atoms with Gasteiger partial charge in [-0.2, -0.15) is 0 Å². The minimum atomic E-state index is -0.267. The Morgan fingerprint density at radius 3 is 2.57 bits per heavy atom. The molecule has 0 saturated carbocycles. The zero-order valence-corrected chi connectivity index (χ0v) is 16.1. The van der Waals surface area contributed by atoms with E-state index in [2.05, 4.69) is 14.9 Å². The Balaban J connectivity index is 1.43. The van der Waals surface area contributed by atoms with Crippen molar-refractivity contribution in [3.8, 4) is 11.3 Å². The van der Waals surface area contributed by atoms with Crippen LogP contribution in [0.3, 0.4) is 0 Å². The highest BCUT2D eigenvalue weighted by atomic mass is 19.1. The Morgan fingerprint density at radius 2 is 1.89 bits per heavy atom.